The van der Waals surface area contributed by atoms with E-state index in [9.17, 15) is 9.59 Å². The van der Waals surface area contributed by atoms with Crippen LogP contribution in [0.25, 0.3) is 11.1 Å². The lowest BCUT2D eigenvalue weighted by Gasteiger charge is -2.23. The number of carbonyl (C=O) groups is 2. The summed E-state index contributed by atoms with van der Waals surface area (Å²) < 4.78 is 5.72. The molecule has 2 N–H and O–H groups in total. The van der Waals surface area contributed by atoms with Crippen LogP contribution in [0.5, 0.6) is 0 Å². The van der Waals surface area contributed by atoms with Crippen LogP contribution in [0.4, 0.5) is 0 Å². The van der Waals surface area contributed by atoms with Gasteiger partial charge in [0.25, 0.3) is 0 Å². The van der Waals surface area contributed by atoms with E-state index < -0.39 is 0 Å². The van der Waals surface area contributed by atoms with Crippen molar-refractivity contribution in [3.8, 4) is 11.1 Å². The smallest absolute Gasteiger partial charge is 0.233 e. The average Bonchev–Trinajstić information content (AvgIpc) is 3.33. The highest BCUT2D eigenvalue weighted by atomic mass is 16.5. The second kappa shape index (κ2) is 18.9. The molecule has 5 nitrogen and oxygen atoms in total. The van der Waals surface area contributed by atoms with Gasteiger partial charge in [0, 0.05) is 35.6 Å². The predicted octanol–water partition coefficient (Wildman–Crippen LogP) is 9.59. The van der Waals surface area contributed by atoms with Crippen LogP contribution < -0.4 is 10.6 Å². The molecule has 2 aromatic rings. The summed E-state index contributed by atoms with van der Waals surface area (Å²) >= 11 is 0. The number of ether oxygens (including phenoxy) is 1. The van der Waals surface area contributed by atoms with Crippen molar-refractivity contribution in [1.82, 2.24) is 10.6 Å². The number of carbonyl (C=O) groups excluding carboxylic acids is 2. The minimum atomic E-state index is -0.349. The molecule has 240 valence electrons. The number of nitrogens with one attached hydrogen (secondary N) is 2. The maximum absolute atomic E-state index is 12.6. The van der Waals surface area contributed by atoms with Gasteiger partial charge in [0.1, 0.15) is 5.60 Å². The molecule has 5 heteroatoms. The lowest BCUT2D eigenvalue weighted by atomic mass is 9.95. The Balaban J connectivity index is 0. The Bertz CT molecular complexity index is 1190. The van der Waals surface area contributed by atoms with Gasteiger partial charge in [-0.15, -0.1) is 0 Å². The van der Waals surface area contributed by atoms with Crippen molar-refractivity contribution in [2.75, 3.05) is 13.1 Å². The zero-order chi connectivity index (χ0) is 31.7. The number of fused-ring (bicyclic) bond motifs is 3. The molecule has 1 aliphatic carbocycles. The van der Waals surface area contributed by atoms with E-state index in [0.717, 1.165) is 12.8 Å². The van der Waals surface area contributed by atoms with E-state index >= 15 is 0 Å². The molecule has 0 fully saturated rings. The van der Waals surface area contributed by atoms with Gasteiger partial charge in [-0.1, -0.05) is 107 Å². The molecule has 0 unspecified atom stereocenters. The summed E-state index contributed by atoms with van der Waals surface area (Å²) in [5.41, 5.74) is 8.26. The SMILES string of the molecule is C=C=C(NCC[C@H](CCC(=O)C=C)C(=O)NCCCCCCC)OC(C)(C)C.CCC1c2ccccc2-c2ccccc21.[HH].[HH].[HH]. The van der Waals surface area contributed by atoms with Crippen molar-refractivity contribution in [2.45, 2.75) is 104 Å². The van der Waals surface area contributed by atoms with Gasteiger partial charge in [-0.3, -0.25) is 9.59 Å². The topological polar surface area (TPSA) is 67.4 Å². The third kappa shape index (κ3) is 12.3. The number of unbranched alkanes of at least 4 members (excludes halogenated alkanes) is 4. The Labute approximate surface area is 265 Å². The molecule has 0 heterocycles. The van der Waals surface area contributed by atoms with Gasteiger partial charge in [0.15, 0.2) is 5.78 Å². The van der Waals surface area contributed by atoms with Crippen LogP contribution in [-0.2, 0) is 14.3 Å². The van der Waals surface area contributed by atoms with Gasteiger partial charge in [-0.25, -0.2) is 0 Å². The molecule has 43 heavy (non-hydrogen) atoms. The van der Waals surface area contributed by atoms with Crippen LogP contribution >= 0.6 is 0 Å². The van der Waals surface area contributed by atoms with Gasteiger partial charge < -0.3 is 15.4 Å². The maximum atomic E-state index is 12.6. The van der Waals surface area contributed by atoms with Crippen molar-refractivity contribution in [1.29, 1.82) is 0 Å². The van der Waals surface area contributed by atoms with E-state index in [1.54, 1.807) is 0 Å². The second-order valence-electron chi connectivity index (χ2n) is 12.2. The first kappa shape index (κ1) is 35.6. The zero-order valence-electron chi connectivity index (χ0n) is 27.3. The largest absolute Gasteiger partial charge is 0.468 e. The molecule has 0 aromatic heterocycles. The predicted molar refractivity (Wildman–Crippen MR) is 186 cm³/mol. The normalized spacial score (nSPS) is 12.5. The zero-order valence-corrected chi connectivity index (χ0v) is 27.3. The van der Waals surface area contributed by atoms with E-state index in [-0.39, 0.29) is 27.5 Å². The molecule has 1 amide bonds. The van der Waals surface area contributed by atoms with Gasteiger partial charge in [0.2, 0.25) is 11.8 Å². The third-order valence-electron chi connectivity index (χ3n) is 7.64. The third-order valence-corrected chi connectivity index (χ3v) is 7.64. The number of benzene rings is 2. The maximum Gasteiger partial charge on any atom is 0.233 e. The number of hydrogen-bond acceptors (Lipinski definition) is 4. The fraction of sp³-hybridized carbons (Fsp3) is 0.500. The molecule has 3 rings (SSSR count). The molecule has 0 bridgehead atoms. The average molecular weight is 593 g/mol. The van der Waals surface area contributed by atoms with E-state index in [1.165, 1.54) is 54.0 Å². The van der Waals surface area contributed by atoms with Crippen LogP contribution in [0.15, 0.2) is 79.4 Å². The fourth-order valence-corrected chi connectivity index (χ4v) is 5.41. The Morgan fingerprint density at radius 3 is 2.07 bits per heavy atom. The molecule has 0 saturated carbocycles. The van der Waals surface area contributed by atoms with E-state index in [0.29, 0.717) is 44.2 Å². The summed E-state index contributed by atoms with van der Waals surface area (Å²) in [7, 11) is 0. The van der Waals surface area contributed by atoms with Crippen molar-refractivity contribution < 1.29 is 18.6 Å². The van der Waals surface area contributed by atoms with Crippen LogP contribution in [-0.4, -0.2) is 30.4 Å². The molecular formula is C38H60N2O3. The number of amides is 1. The minimum Gasteiger partial charge on any atom is -0.468 e. The van der Waals surface area contributed by atoms with E-state index in [4.69, 9.17) is 4.74 Å². The lowest BCUT2D eigenvalue weighted by molar-refractivity contribution is -0.125. The van der Waals surface area contributed by atoms with Crippen LogP contribution in [0, 0.1) is 5.92 Å². The summed E-state index contributed by atoms with van der Waals surface area (Å²) in [5, 5.41) is 6.16. The van der Waals surface area contributed by atoms with E-state index in [1.807, 2.05) is 20.8 Å². The van der Waals surface area contributed by atoms with Gasteiger partial charge in [-0.2, -0.15) is 0 Å². The standard InChI is InChI=1S/C23H40N2O3.C15H14.3H2/c1-7-10-11-12-13-17-25-22(27)19(14-15-20(26)8-2)16-18-24-21(9-3)28-23(4,5)6;1-2-11-12-7-3-5-9-14(12)15-10-6-4-8-13(11)15;;;/h8,19,24H,2-3,7,10-18H2,1,4-6H3,(H,25,27);3-11H,2H2,1H3;3*1H/t19-;;;;/m0..../s1. The monoisotopic (exact) mass is 592 g/mol. The van der Waals surface area contributed by atoms with Crippen molar-refractivity contribution in [3.63, 3.8) is 0 Å². The molecule has 1 aliphatic rings. The fourth-order valence-electron chi connectivity index (χ4n) is 5.41. The molecule has 0 spiro atoms. The Kier molecular flexibility index (Phi) is 15.6. The molecule has 0 aliphatic heterocycles. The van der Waals surface area contributed by atoms with Crippen LogP contribution in [0.3, 0.4) is 0 Å². The summed E-state index contributed by atoms with van der Waals surface area (Å²) in [6, 6.07) is 17.6. The summed E-state index contributed by atoms with van der Waals surface area (Å²) in [4.78, 5) is 24.1. The van der Waals surface area contributed by atoms with Crippen molar-refractivity contribution >= 4 is 11.7 Å². The number of allylic oxidation sites excluding steroid dienone is 1. The molecule has 2 aromatic carbocycles. The van der Waals surface area contributed by atoms with Crippen molar-refractivity contribution in [3.05, 3.63) is 90.5 Å². The molecule has 1 atom stereocenters. The lowest BCUT2D eigenvalue weighted by Crippen LogP contribution is -2.34. The highest BCUT2D eigenvalue weighted by Crippen LogP contribution is 2.45. The van der Waals surface area contributed by atoms with Gasteiger partial charge >= 0.3 is 0 Å². The first-order valence-electron chi connectivity index (χ1n) is 16.1. The van der Waals surface area contributed by atoms with Gasteiger partial charge in [-0.05, 0) is 74.8 Å². The summed E-state index contributed by atoms with van der Waals surface area (Å²) in [5.74, 6) is 0.831. The highest BCUT2D eigenvalue weighted by Gasteiger charge is 2.26. The summed E-state index contributed by atoms with van der Waals surface area (Å²) in [6.45, 7) is 18.7. The second-order valence-corrected chi connectivity index (χ2v) is 12.2. The molecule has 0 radical (unpaired) electrons. The van der Waals surface area contributed by atoms with Gasteiger partial charge in [0.05, 0.1) is 0 Å². The Morgan fingerprint density at radius 1 is 0.930 bits per heavy atom. The van der Waals surface area contributed by atoms with Crippen LogP contribution in [0.2, 0.25) is 0 Å². The quantitative estimate of drug-likeness (QED) is 0.0831. The number of ketones is 1. The van der Waals surface area contributed by atoms with Crippen LogP contribution in [0.1, 0.15) is 114 Å². The minimum absolute atomic E-state index is 0. The Hall–Kier alpha value is -3.56. The summed E-state index contributed by atoms with van der Waals surface area (Å²) in [6.07, 6.45) is 9.73. The Morgan fingerprint density at radius 2 is 1.53 bits per heavy atom. The first-order valence-corrected chi connectivity index (χ1v) is 16.1. The first-order chi connectivity index (χ1) is 20.6. The molecular weight excluding hydrogens is 532 g/mol. The number of hydrogen-bond donors (Lipinski definition) is 2. The van der Waals surface area contributed by atoms with E-state index in [2.05, 4.69) is 91.9 Å². The van der Waals surface area contributed by atoms with Crippen molar-refractivity contribution in [2.24, 2.45) is 5.92 Å². The highest BCUT2D eigenvalue weighted by molar-refractivity contribution is 5.89. The molecule has 0 saturated heterocycles. The number of rotatable bonds is 17.